The van der Waals surface area contributed by atoms with E-state index in [9.17, 15) is 8.42 Å². The zero-order valence-electron chi connectivity index (χ0n) is 13.2. The first kappa shape index (κ1) is 17.1. The average Bonchev–Trinajstić information content (AvgIpc) is 2.79. The van der Waals surface area contributed by atoms with Gasteiger partial charge >= 0.3 is 0 Å². The average molecular weight is 368 g/mol. The first-order chi connectivity index (χ1) is 11.5. The second-order valence-corrected chi connectivity index (χ2v) is 7.71. The summed E-state index contributed by atoms with van der Waals surface area (Å²) in [6.45, 7) is 2.83. The van der Waals surface area contributed by atoms with Gasteiger partial charge in [-0.15, -0.1) is 0 Å². The van der Waals surface area contributed by atoms with Gasteiger partial charge in [0.1, 0.15) is 0 Å². The normalized spacial score (nSPS) is 15.6. The Hall–Kier alpha value is -1.76. The Labute approximate surface area is 146 Å². The monoisotopic (exact) mass is 367 g/mol. The molecule has 1 N–H and O–H groups in total. The van der Waals surface area contributed by atoms with E-state index in [0.717, 1.165) is 12.0 Å². The molecule has 3 rings (SSSR count). The highest BCUT2D eigenvalue weighted by atomic mass is 35.5. The maximum absolute atomic E-state index is 12.6. The zero-order valence-corrected chi connectivity index (χ0v) is 14.7. The largest absolute Gasteiger partial charge is 0.490 e. The third-order valence-corrected chi connectivity index (χ3v) is 5.48. The van der Waals surface area contributed by atoms with Crippen LogP contribution < -0.4 is 14.2 Å². The van der Waals surface area contributed by atoms with Crippen molar-refractivity contribution >= 4 is 21.6 Å². The summed E-state index contributed by atoms with van der Waals surface area (Å²) in [7, 11) is -3.69. The van der Waals surface area contributed by atoms with Crippen molar-refractivity contribution in [1.29, 1.82) is 0 Å². The number of halogens is 1. The summed E-state index contributed by atoms with van der Waals surface area (Å²) < 4.78 is 39.0. The van der Waals surface area contributed by atoms with Crippen LogP contribution in [0.1, 0.15) is 24.9 Å². The standard InChI is InChI=1S/C17H18ClNO4S/c1-12(13-4-2-5-14(18)10-13)19-24(20,21)15-6-7-16-17(11-15)23-9-3-8-22-16/h2,4-7,10-12,19H,3,8-9H2,1H3. The third-order valence-electron chi connectivity index (χ3n) is 3.71. The van der Waals surface area contributed by atoms with E-state index in [-0.39, 0.29) is 4.90 Å². The van der Waals surface area contributed by atoms with Gasteiger partial charge in [0.15, 0.2) is 11.5 Å². The van der Waals surface area contributed by atoms with Crippen molar-refractivity contribution in [1.82, 2.24) is 4.72 Å². The summed E-state index contributed by atoms with van der Waals surface area (Å²) >= 11 is 5.96. The molecule has 0 saturated carbocycles. The van der Waals surface area contributed by atoms with E-state index in [1.807, 2.05) is 6.07 Å². The van der Waals surface area contributed by atoms with Crippen LogP contribution in [0.3, 0.4) is 0 Å². The molecular formula is C17H18ClNO4S. The third kappa shape index (κ3) is 3.83. The number of benzene rings is 2. The van der Waals surface area contributed by atoms with E-state index < -0.39 is 16.1 Å². The predicted molar refractivity (Wildman–Crippen MR) is 92.2 cm³/mol. The number of hydrogen-bond acceptors (Lipinski definition) is 4. The Morgan fingerprint density at radius 1 is 1.08 bits per heavy atom. The predicted octanol–water partition coefficient (Wildman–Crippen LogP) is 3.54. The fourth-order valence-corrected chi connectivity index (χ4v) is 3.90. The number of hydrogen-bond donors (Lipinski definition) is 1. The highest BCUT2D eigenvalue weighted by Crippen LogP contribution is 2.32. The maximum atomic E-state index is 12.6. The van der Waals surface area contributed by atoms with Gasteiger partial charge in [0, 0.05) is 23.6 Å². The molecule has 0 radical (unpaired) electrons. The Morgan fingerprint density at radius 2 is 1.83 bits per heavy atom. The lowest BCUT2D eigenvalue weighted by atomic mass is 10.1. The van der Waals surface area contributed by atoms with E-state index >= 15 is 0 Å². The summed E-state index contributed by atoms with van der Waals surface area (Å²) in [6, 6.07) is 11.3. The molecule has 24 heavy (non-hydrogen) atoms. The van der Waals surface area contributed by atoms with Gasteiger partial charge < -0.3 is 9.47 Å². The van der Waals surface area contributed by atoms with E-state index in [2.05, 4.69) is 4.72 Å². The Bertz CT molecular complexity index is 838. The van der Waals surface area contributed by atoms with Crippen LogP contribution in [0, 0.1) is 0 Å². The second-order valence-electron chi connectivity index (χ2n) is 5.56. The van der Waals surface area contributed by atoms with Crippen LogP contribution in [0.15, 0.2) is 47.4 Å². The van der Waals surface area contributed by atoms with Crippen LogP contribution in [0.4, 0.5) is 0 Å². The fourth-order valence-electron chi connectivity index (χ4n) is 2.46. The van der Waals surface area contributed by atoms with Gasteiger partial charge in [-0.3, -0.25) is 0 Å². The Kier molecular flexibility index (Phi) is 4.99. The van der Waals surface area contributed by atoms with Gasteiger partial charge in [-0.25, -0.2) is 13.1 Å². The molecule has 0 bridgehead atoms. The molecular weight excluding hydrogens is 350 g/mol. The van der Waals surface area contributed by atoms with E-state index in [1.54, 1.807) is 31.2 Å². The van der Waals surface area contributed by atoms with Gasteiger partial charge in [0.2, 0.25) is 10.0 Å². The van der Waals surface area contributed by atoms with Crippen molar-refractivity contribution in [2.75, 3.05) is 13.2 Å². The molecule has 0 aliphatic carbocycles. The molecule has 2 aromatic carbocycles. The molecule has 0 saturated heterocycles. The Morgan fingerprint density at radius 3 is 2.58 bits per heavy atom. The minimum atomic E-state index is -3.69. The van der Waals surface area contributed by atoms with Crippen LogP contribution in [0.2, 0.25) is 5.02 Å². The number of nitrogens with one attached hydrogen (secondary N) is 1. The van der Waals surface area contributed by atoms with E-state index in [0.29, 0.717) is 29.7 Å². The molecule has 2 aromatic rings. The molecule has 0 spiro atoms. The summed E-state index contributed by atoms with van der Waals surface area (Å²) in [5.74, 6) is 1.01. The highest BCUT2D eigenvalue weighted by molar-refractivity contribution is 7.89. The lowest BCUT2D eigenvalue weighted by Gasteiger charge is -2.16. The van der Waals surface area contributed by atoms with Crippen molar-refractivity contribution in [3.8, 4) is 11.5 Å². The molecule has 1 atom stereocenters. The van der Waals surface area contributed by atoms with Crippen LogP contribution in [-0.4, -0.2) is 21.6 Å². The van der Waals surface area contributed by atoms with Gasteiger partial charge in [-0.05, 0) is 36.8 Å². The Balaban J connectivity index is 1.84. The first-order valence-corrected chi connectivity index (χ1v) is 9.49. The van der Waals surface area contributed by atoms with Crippen LogP contribution >= 0.6 is 11.6 Å². The van der Waals surface area contributed by atoms with Crippen molar-refractivity contribution in [3.63, 3.8) is 0 Å². The van der Waals surface area contributed by atoms with Gasteiger partial charge in [-0.2, -0.15) is 0 Å². The SMILES string of the molecule is CC(NS(=O)(=O)c1ccc2c(c1)OCCCO2)c1cccc(Cl)c1. The van der Waals surface area contributed by atoms with Crippen molar-refractivity contribution < 1.29 is 17.9 Å². The fraction of sp³-hybridized carbons (Fsp3) is 0.294. The second kappa shape index (κ2) is 7.01. The molecule has 0 amide bonds. The maximum Gasteiger partial charge on any atom is 0.241 e. The minimum Gasteiger partial charge on any atom is -0.490 e. The zero-order chi connectivity index (χ0) is 17.2. The summed E-state index contributed by atoms with van der Waals surface area (Å²) in [6.07, 6.45) is 0.765. The van der Waals surface area contributed by atoms with E-state index in [1.165, 1.54) is 12.1 Å². The highest BCUT2D eigenvalue weighted by Gasteiger charge is 2.21. The number of rotatable bonds is 4. The smallest absolute Gasteiger partial charge is 0.241 e. The van der Waals surface area contributed by atoms with Gasteiger partial charge in [0.05, 0.1) is 18.1 Å². The summed E-state index contributed by atoms with van der Waals surface area (Å²) in [4.78, 5) is 0.139. The topological polar surface area (TPSA) is 64.6 Å². The lowest BCUT2D eigenvalue weighted by molar-refractivity contribution is 0.297. The molecule has 1 unspecified atom stereocenters. The molecule has 0 aromatic heterocycles. The first-order valence-electron chi connectivity index (χ1n) is 7.63. The summed E-state index contributed by atoms with van der Waals surface area (Å²) in [5.41, 5.74) is 0.792. The quantitative estimate of drug-likeness (QED) is 0.897. The van der Waals surface area contributed by atoms with Crippen molar-refractivity contribution in [2.24, 2.45) is 0 Å². The number of fused-ring (bicyclic) bond motifs is 1. The van der Waals surface area contributed by atoms with Gasteiger partial charge in [0.25, 0.3) is 0 Å². The van der Waals surface area contributed by atoms with Crippen LogP contribution in [0.25, 0.3) is 0 Å². The molecule has 1 aliphatic heterocycles. The van der Waals surface area contributed by atoms with Crippen molar-refractivity contribution in [3.05, 3.63) is 53.1 Å². The van der Waals surface area contributed by atoms with Crippen LogP contribution in [-0.2, 0) is 10.0 Å². The van der Waals surface area contributed by atoms with Gasteiger partial charge in [-0.1, -0.05) is 23.7 Å². The van der Waals surface area contributed by atoms with Crippen molar-refractivity contribution in [2.45, 2.75) is 24.3 Å². The van der Waals surface area contributed by atoms with Crippen LogP contribution in [0.5, 0.6) is 11.5 Å². The molecule has 7 heteroatoms. The molecule has 5 nitrogen and oxygen atoms in total. The minimum absolute atomic E-state index is 0.139. The number of ether oxygens (including phenoxy) is 2. The molecule has 1 heterocycles. The number of sulfonamides is 1. The molecule has 1 aliphatic rings. The lowest BCUT2D eigenvalue weighted by Crippen LogP contribution is -2.26. The molecule has 0 fully saturated rings. The summed E-state index contributed by atoms with van der Waals surface area (Å²) in [5, 5.41) is 0.564. The van der Waals surface area contributed by atoms with E-state index in [4.69, 9.17) is 21.1 Å². The molecule has 128 valence electrons.